The number of benzene rings is 2. The van der Waals surface area contributed by atoms with Gasteiger partial charge in [0.2, 0.25) is 6.23 Å². The van der Waals surface area contributed by atoms with Gasteiger partial charge in [0.15, 0.2) is 0 Å². The van der Waals surface area contributed by atoms with Crippen LogP contribution in [-0.2, 0) is 4.84 Å². The number of nitrogens with zero attached hydrogens (tertiary/aromatic N) is 1. The fourth-order valence-electron chi connectivity index (χ4n) is 2.29. The predicted molar refractivity (Wildman–Crippen MR) is 89.2 cm³/mol. The van der Waals surface area contributed by atoms with E-state index < -0.39 is 18.1 Å². The third-order valence-electron chi connectivity index (χ3n) is 3.46. The van der Waals surface area contributed by atoms with Crippen LogP contribution in [-0.4, -0.2) is 29.0 Å². The van der Waals surface area contributed by atoms with Gasteiger partial charge in [-0.15, -0.1) is 16.7 Å². The van der Waals surface area contributed by atoms with E-state index in [4.69, 9.17) is 32.8 Å². The number of carbonyl (C=O) groups excluding carboxylic acids is 2. The monoisotopic (exact) mass is 365 g/mol. The van der Waals surface area contributed by atoms with Gasteiger partial charge in [-0.2, -0.15) is 0 Å². The smallest absolute Gasteiger partial charge is 0.363 e. The van der Waals surface area contributed by atoms with E-state index in [0.29, 0.717) is 22.8 Å². The first-order chi connectivity index (χ1) is 11.6. The first-order valence-corrected chi connectivity index (χ1v) is 8.14. The van der Waals surface area contributed by atoms with Crippen molar-refractivity contribution in [3.8, 4) is 5.75 Å². The second-order valence-electron chi connectivity index (χ2n) is 5.06. The molecule has 1 aliphatic heterocycles. The summed E-state index contributed by atoms with van der Waals surface area (Å²) >= 11 is 11.6. The lowest BCUT2D eigenvalue weighted by Gasteiger charge is -2.34. The number of ether oxygens (including phenoxy) is 1. The summed E-state index contributed by atoms with van der Waals surface area (Å²) in [4.78, 5) is 30.2. The number of hydroxylamine groups is 2. The number of carbonyl (C=O) groups is 2. The lowest BCUT2D eigenvalue weighted by molar-refractivity contribution is -0.160. The van der Waals surface area contributed by atoms with Gasteiger partial charge in [-0.05, 0) is 36.4 Å². The van der Waals surface area contributed by atoms with Crippen LogP contribution in [0.25, 0.3) is 0 Å². The van der Waals surface area contributed by atoms with Crippen molar-refractivity contribution < 1.29 is 19.2 Å². The highest BCUT2D eigenvalue weighted by molar-refractivity contribution is 6.30. The average Bonchev–Trinajstić information content (AvgIpc) is 2.59. The topological polar surface area (TPSA) is 55.8 Å². The molecule has 0 radical (unpaired) electrons. The van der Waals surface area contributed by atoms with E-state index in [0.717, 1.165) is 5.06 Å². The largest absolute Gasteiger partial charge is 0.466 e. The summed E-state index contributed by atoms with van der Waals surface area (Å²) in [7, 11) is 0. The molecular formula is C17H13Cl2NO4. The Morgan fingerprint density at radius 1 is 1.17 bits per heavy atom. The number of alkyl halides is 1. The number of rotatable bonds is 4. The summed E-state index contributed by atoms with van der Waals surface area (Å²) in [6.07, 6.45) is -0.462. The summed E-state index contributed by atoms with van der Waals surface area (Å²) in [6.45, 7) is 0. The predicted octanol–water partition coefficient (Wildman–Crippen LogP) is 3.90. The van der Waals surface area contributed by atoms with Crippen molar-refractivity contribution in [3.63, 3.8) is 0 Å². The number of amides is 1. The van der Waals surface area contributed by atoms with Crippen molar-refractivity contribution in [1.82, 2.24) is 5.06 Å². The Balaban J connectivity index is 1.85. The minimum absolute atomic E-state index is 0.245. The van der Waals surface area contributed by atoms with Crippen LogP contribution in [0.1, 0.15) is 27.1 Å². The van der Waals surface area contributed by atoms with E-state index in [1.807, 2.05) is 0 Å². The fraction of sp³-hybridized carbons (Fsp3) is 0.176. The molecule has 0 bridgehead atoms. The van der Waals surface area contributed by atoms with Gasteiger partial charge >= 0.3 is 5.97 Å². The molecule has 1 amide bonds. The average molecular weight is 366 g/mol. The van der Waals surface area contributed by atoms with Crippen LogP contribution in [0.15, 0.2) is 48.5 Å². The van der Waals surface area contributed by atoms with Gasteiger partial charge in [-0.1, -0.05) is 23.7 Å². The van der Waals surface area contributed by atoms with Gasteiger partial charge in [0.1, 0.15) is 5.75 Å². The van der Waals surface area contributed by atoms with Crippen LogP contribution >= 0.6 is 23.2 Å². The van der Waals surface area contributed by atoms with E-state index in [9.17, 15) is 9.59 Å². The molecule has 0 saturated heterocycles. The second-order valence-corrected chi connectivity index (χ2v) is 5.88. The Morgan fingerprint density at radius 3 is 2.58 bits per heavy atom. The molecule has 5 nitrogen and oxygen atoms in total. The van der Waals surface area contributed by atoms with Crippen LogP contribution in [0.5, 0.6) is 5.75 Å². The van der Waals surface area contributed by atoms with Gasteiger partial charge in [0.05, 0.1) is 11.1 Å². The van der Waals surface area contributed by atoms with Crippen molar-refractivity contribution >= 4 is 35.1 Å². The zero-order valence-corrected chi connectivity index (χ0v) is 14.0. The summed E-state index contributed by atoms with van der Waals surface area (Å²) in [5, 5.41) is 1.43. The quantitative estimate of drug-likeness (QED) is 0.771. The molecule has 1 atom stereocenters. The number of halogens is 2. The van der Waals surface area contributed by atoms with Gasteiger partial charge < -0.3 is 9.57 Å². The normalized spacial score (nSPS) is 16.3. The highest BCUT2D eigenvalue weighted by Crippen LogP contribution is 2.29. The van der Waals surface area contributed by atoms with Crippen molar-refractivity contribution in [3.05, 3.63) is 64.7 Å². The van der Waals surface area contributed by atoms with Crippen LogP contribution < -0.4 is 4.74 Å². The number of hydrogen-bond acceptors (Lipinski definition) is 4. The fourth-order valence-corrected chi connectivity index (χ4v) is 2.60. The molecule has 7 heteroatoms. The summed E-state index contributed by atoms with van der Waals surface area (Å²) < 4.78 is 5.73. The zero-order chi connectivity index (χ0) is 17.1. The second kappa shape index (κ2) is 7.11. The standard InChI is InChI=1S/C17H13Cl2NO4/c18-10-9-15-20(16(21)13-3-1-2-4-14(13)23-15)24-17(22)11-5-7-12(19)8-6-11/h1-8,15H,9-10H2/t15-/m1/s1. The molecule has 1 aliphatic rings. The Morgan fingerprint density at radius 2 is 1.88 bits per heavy atom. The first kappa shape index (κ1) is 16.6. The molecule has 0 aromatic heterocycles. The minimum atomic E-state index is -0.777. The molecular weight excluding hydrogens is 353 g/mol. The molecule has 0 aliphatic carbocycles. The van der Waals surface area contributed by atoms with Crippen molar-refractivity contribution in [2.45, 2.75) is 12.6 Å². The number of para-hydroxylation sites is 1. The summed E-state index contributed by atoms with van der Waals surface area (Å²) in [6, 6.07) is 12.9. The maximum absolute atomic E-state index is 12.6. The maximum atomic E-state index is 12.6. The van der Waals surface area contributed by atoms with E-state index >= 15 is 0 Å². The molecule has 0 N–H and O–H groups in total. The van der Waals surface area contributed by atoms with Crippen LogP contribution in [0.4, 0.5) is 0 Å². The highest BCUT2D eigenvalue weighted by Gasteiger charge is 2.36. The van der Waals surface area contributed by atoms with Gasteiger partial charge in [0.25, 0.3) is 5.91 Å². The van der Waals surface area contributed by atoms with Crippen molar-refractivity contribution in [1.29, 1.82) is 0 Å². The molecule has 0 fully saturated rings. The Hall–Kier alpha value is -2.24. The van der Waals surface area contributed by atoms with Gasteiger partial charge in [-0.25, -0.2) is 4.79 Å². The molecule has 24 heavy (non-hydrogen) atoms. The molecule has 0 saturated carbocycles. The van der Waals surface area contributed by atoms with E-state index in [2.05, 4.69) is 0 Å². The van der Waals surface area contributed by atoms with Crippen LogP contribution in [0.2, 0.25) is 5.02 Å². The van der Waals surface area contributed by atoms with Crippen molar-refractivity contribution in [2.75, 3.05) is 5.88 Å². The van der Waals surface area contributed by atoms with Crippen LogP contribution in [0.3, 0.4) is 0 Å². The molecule has 2 aromatic carbocycles. The Kier molecular flexibility index (Phi) is 4.92. The Labute approximate surface area is 148 Å². The van der Waals surface area contributed by atoms with E-state index in [-0.39, 0.29) is 11.4 Å². The number of hydrogen-bond donors (Lipinski definition) is 0. The lowest BCUT2D eigenvalue weighted by Crippen LogP contribution is -2.48. The summed E-state index contributed by atoms with van der Waals surface area (Å²) in [5.41, 5.74) is 0.600. The van der Waals surface area contributed by atoms with Gasteiger partial charge in [-0.3, -0.25) is 4.79 Å². The SMILES string of the molecule is O=C(ON1C(=O)c2ccccc2O[C@@H]1CCCl)c1ccc(Cl)cc1. The maximum Gasteiger partial charge on any atom is 0.363 e. The molecule has 1 heterocycles. The molecule has 0 spiro atoms. The van der Waals surface area contributed by atoms with Gasteiger partial charge in [0, 0.05) is 17.3 Å². The zero-order valence-electron chi connectivity index (χ0n) is 12.4. The number of fused-ring (bicyclic) bond motifs is 1. The lowest BCUT2D eigenvalue weighted by atomic mass is 10.1. The molecule has 2 aromatic rings. The molecule has 3 rings (SSSR count). The molecule has 0 unspecified atom stereocenters. The molecule has 124 valence electrons. The third-order valence-corrected chi connectivity index (χ3v) is 3.93. The first-order valence-electron chi connectivity index (χ1n) is 7.23. The van der Waals surface area contributed by atoms with Crippen molar-refractivity contribution in [2.24, 2.45) is 0 Å². The van der Waals surface area contributed by atoms with Crippen LogP contribution in [0, 0.1) is 0 Å². The van der Waals surface area contributed by atoms with E-state index in [1.165, 1.54) is 12.1 Å². The Bertz CT molecular complexity index is 763. The summed E-state index contributed by atoms with van der Waals surface area (Å²) in [5.74, 6) is -0.442. The highest BCUT2D eigenvalue weighted by atomic mass is 35.5. The third kappa shape index (κ3) is 3.32. The van der Waals surface area contributed by atoms with E-state index in [1.54, 1.807) is 36.4 Å². The minimum Gasteiger partial charge on any atom is -0.466 e.